The molecule has 130 valence electrons. The third-order valence-electron chi connectivity index (χ3n) is 2.92. The summed E-state index contributed by atoms with van der Waals surface area (Å²) in [6.07, 6.45) is 1.98. The Bertz CT molecular complexity index is 299. The molecule has 2 amide bonds. The van der Waals surface area contributed by atoms with Gasteiger partial charge < -0.3 is 11.5 Å². The predicted octanol–water partition coefficient (Wildman–Crippen LogP) is 3.16. The van der Waals surface area contributed by atoms with E-state index in [9.17, 15) is 9.59 Å². The third-order valence-corrected chi connectivity index (χ3v) is 6.95. The zero-order chi connectivity index (χ0) is 17.4. The van der Waals surface area contributed by atoms with Crippen molar-refractivity contribution in [3.05, 3.63) is 0 Å². The molecule has 4 nitrogen and oxygen atoms in total. The van der Waals surface area contributed by atoms with Crippen molar-refractivity contribution in [1.29, 1.82) is 0 Å². The van der Waals surface area contributed by atoms with E-state index in [1.165, 1.54) is 0 Å². The molecule has 0 radical (unpaired) electrons. The van der Waals surface area contributed by atoms with Crippen molar-refractivity contribution in [2.24, 2.45) is 11.5 Å². The summed E-state index contributed by atoms with van der Waals surface area (Å²) in [7, 11) is 0. The average Bonchev–Trinajstić information content (AvgIpc) is 2.46. The van der Waals surface area contributed by atoms with Crippen LogP contribution >= 0.6 is 69.6 Å². The van der Waals surface area contributed by atoms with Crippen LogP contribution in [0.4, 0.5) is 0 Å². The second kappa shape index (κ2) is 11.3. The zero-order valence-electron chi connectivity index (χ0n) is 11.5. The van der Waals surface area contributed by atoms with Crippen molar-refractivity contribution in [3.63, 3.8) is 0 Å². The summed E-state index contributed by atoms with van der Waals surface area (Å²) in [4.78, 5) is 20.3. The number of primary amides is 2. The first-order valence-corrected chi connectivity index (χ1v) is 9.12. The molecule has 10 heteroatoms. The summed E-state index contributed by atoms with van der Waals surface area (Å²) in [5.74, 6) is -0.658. The molecule has 1 aliphatic carbocycles. The Labute approximate surface area is 160 Å². The van der Waals surface area contributed by atoms with Gasteiger partial charge in [0.25, 0.3) is 0 Å². The van der Waals surface area contributed by atoms with Crippen LogP contribution in [0.3, 0.4) is 0 Å². The molecule has 0 aromatic heterocycles. The first-order valence-electron chi connectivity index (χ1n) is 6.50. The molecule has 0 atom stereocenters. The highest BCUT2D eigenvalue weighted by Crippen LogP contribution is 2.39. The van der Waals surface area contributed by atoms with Crippen LogP contribution in [-0.2, 0) is 9.59 Å². The van der Waals surface area contributed by atoms with E-state index >= 15 is 0 Å². The number of carbonyl (C=O) groups excluding carboxylic acids is 2. The molecule has 0 heterocycles. The van der Waals surface area contributed by atoms with Crippen molar-refractivity contribution in [1.82, 2.24) is 0 Å². The number of amides is 2. The Morgan fingerprint density at radius 1 is 0.591 bits per heavy atom. The maximum Gasteiger partial charge on any atom is 0.217 e. The van der Waals surface area contributed by atoms with Gasteiger partial charge in [0.2, 0.25) is 11.8 Å². The number of hydrogen-bond donors (Lipinski definition) is 2. The molecule has 0 aromatic rings. The minimum absolute atomic E-state index is 0.329. The molecular weight excluding hydrogens is 417 g/mol. The molecule has 1 aliphatic rings. The van der Waals surface area contributed by atoms with Gasteiger partial charge in [-0.2, -0.15) is 0 Å². The summed E-state index contributed by atoms with van der Waals surface area (Å²) in [6, 6.07) is 0. The van der Waals surface area contributed by atoms with Crippen LogP contribution in [0.25, 0.3) is 0 Å². The minimum atomic E-state index is -0.437. The fourth-order valence-corrected chi connectivity index (χ4v) is 3.98. The molecule has 0 saturated heterocycles. The smallest absolute Gasteiger partial charge is 0.217 e. The van der Waals surface area contributed by atoms with Gasteiger partial charge in [0, 0.05) is 12.8 Å². The van der Waals surface area contributed by atoms with Gasteiger partial charge >= 0.3 is 0 Å². The van der Waals surface area contributed by atoms with E-state index in [-0.39, 0.29) is 11.8 Å². The summed E-state index contributed by atoms with van der Waals surface area (Å²) in [5, 5.41) is -2.62. The molecule has 4 N–H and O–H groups in total. The summed E-state index contributed by atoms with van der Waals surface area (Å²) >= 11 is 35.3. The lowest BCUT2D eigenvalue weighted by atomic mass is 9.97. The highest BCUT2D eigenvalue weighted by atomic mass is 35.5. The van der Waals surface area contributed by atoms with Crippen molar-refractivity contribution < 1.29 is 9.59 Å². The summed E-state index contributed by atoms with van der Waals surface area (Å²) in [6.45, 7) is 0. The van der Waals surface area contributed by atoms with Gasteiger partial charge in [-0.1, -0.05) is 0 Å². The van der Waals surface area contributed by atoms with E-state index in [0.717, 1.165) is 0 Å². The second-order valence-corrected chi connectivity index (χ2v) is 7.83. The Morgan fingerprint density at radius 2 is 0.773 bits per heavy atom. The predicted molar refractivity (Wildman–Crippen MR) is 94.7 cm³/mol. The number of carbonyl (C=O) groups is 2. The van der Waals surface area contributed by atoms with Crippen LogP contribution in [0, 0.1) is 0 Å². The lowest BCUT2D eigenvalue weighted by Crippen LogP contribution is -2.52. The Kier molecular flexibility index (Phi) is 11.6. The van der Waals surface area contributed by atoms with Crippen LogP contribution in [0.5, 0.6) is 0 Å². The minimum Gasteiger partial charge on any atom is -0.370 e. The summed E-state index contributed by atoms with van der Waals surface area (Å²) in [5.41, 5.74) is 9.71. The Balaban J connectivity index is 0.000000409. The van der Waals surface area contributed by atoms with E-state index in [0.29, 0.717) is 25.7 Å². The van der Waals surface area contributed by atoms with E-state index in [4.69, 9.17) is 81.1 Å². The standard InChI is InChI=1S/C6H6Cl6.C6H12N2O2/c7-1-2(8)4(10)6(12)5(11)3(1)9;7-5(9)3-1-2-4-6(8)10/h1-6H;1-4H2,(H2,7,9)(H2,8,10)/t1-,2-,3-,4+,5+,6+;. The monoisotopic (exact) mass is 432 g/mol. The van der Waals surface area contributed by atoms with E-state index in [1.807, 2.05) is 0 Å². The van der Waals surface area contributed by atoms with Gasteiger partial charge in [0.05, 0.1) is 32.3 Å². The van der Waals surface area contributed by atoms with Crippen LogP contribution in [-0.4, -0.2) is 44.1 Å². The maximum absolute atomic E-state index is 10.2. The van der Waals surface area contributed by atoms with Crippen molar-refractivity contribution in [2.45, 2.75) is 57.9 Å². The fraction of sp³-hybridized carbons (Fsp3) is 0.833. The molecule has 1 fully saturated rings. The molecule has 0 unspecified atom stereocenters. The van der Waals surface area contributed by atoms with Crippen LogP contribution in [0.15, 0.2) is 0 Å². The van der Waals surface area contributed by atoms with Crippen molar-refractivity contribution in [2.75, 3.05) is 0 Å². The SMILES string of the molecule is Cl[C@H]1[C@H](Cl)[C@@H](Cl)[C@@H](Cl)[C@H](Cl)[C@H]1Cl.NC(=O)CCCCC(N)=O. The third kappa shape index (κ3) is 7.98. The van der Waals surface area contributed by atoms with Crippen LogP contribution in [0.1, 0.15) is 25.7 Å². The number of unbranched alkanes of at least 4 members (excludes halogenated alkanes) is 1. The first-order chi connectivity index (χ1) is 10.1. The molecule has 1 saturated carbocycles. The summed E-state index contributed by atoms with van der Waals surface area (Å²) < 4.78 is 0. The molecule has 0 spiro atoms. The molecule has 0 aliphatic heterocycles. The lowest BCUT2D eigenvalue weighted by molar-refractivity contribution is -0.119. The Morgan fingerprint density at radius 3 is 0.909 bits per heavy atom. The van der Waals surface area contributed by atoms with Crippen molar-refractivity contribution in [3.8, 4) is 0 Å². The van der Waals surface area contributed by atoms with Gasteiger partial charge in [-0.15, -0.1) is 69.6 Å². The second-order valence-electron chi connectivity index (χ2n) is 4.81. The van der Waals surface area contributed by atoms with Crippen LogP contribution < -0.4 is 11.5 Å². The number of nitrogens with two attached hydrogens (primary N) is 2. The average molecular weight is 435 g/mol. The normalized spacial score (nSPS) is 34.5. The molecular formula is C12H18Cl6N2O2. The first kappa shape index (κ1) is 22.7. The van der Waals surface area contributed by atoms with Gasteiger partial charge in [-0.3, -0.25) is 9.59 Å². The van der Waals surface area contributed by atoms with E-state index in [2.05, 4.69) is 0 Å². The number of alkyl halides is 6. The number of halogens is 6. The molecule has 1 rings (SSSR count). The highest BCUT2D eigenvalue weighted by molar-refractivity contribution is 6.45. The number of hydrogen-bond acceptors (Lipinski definition) is 2. The zero-order valence-corrected chi connectivity index (χ0v) is 16.1. The van der Waals surface area contributed by atoms with E-state index in [1.54, 1.807) is 0 Å². The quantitative estimate of drug-likeness (QED) is 0.514. The van der Waals surface area contributed by atoms with Gasteiger partial charge in [-0.05, 0) is 12.8 Å². The van der Waals surface area contributed by atoms with Gasteiger partial charge in [-0.25, -0.2) is 0 Å². The topological polar surface area (TPSA) is 86.2 Å². The van der Waals surface area contributed by atoms with Crippen molar-refractivity contribution >= 4 is 81.4 Å². The highest BCUT2D eigenvalue weighted by Gasteiger charge is 2.46. The molecule has 22 heavy (non-hydrogen) atoms. The molecule has 0 aromatic carbocycles. The maximum atomic E-state index is 10.2. The van der Waals surface area contributed by atoms with E-state index < -0.39 is 32.3 Å². The molecule has 0 bridgehead atoms. The lowest BCUT2D eigenvalue weighted by Gasteiger charge is -2.37. The van der Waals surface area contributed by atoms with Gasteiger partial charge in [0.1, 0.15) is 0 Å². The number of rotatable bonds is 5. The van der Waals surface area contributed by atoms with Crippen LogP contribution in [0.2, 0.25) is 0 Å². The van der Waals surface area contributed by atoms with Gasteiger partial charge in [0.15, 0.2) is 0 Å². The largest absolute Gasteiger partial charge is 0.370 e. The fourth-order valence-electron chi connectivity index (χ4n) is 1.65. The Hall–Kier alpha value is 0.680.